The Bertz CT molecular complexity index is 953. The summed E-state index contributed by atoms with van der Waals surface area (Å²) in [7, 11) is 1.58. The molecule has 1 aromatic heterocycles. The molecule has 0 radical (unpaired) electrons. The van der Waals surface area contributed by atoms with Gasteiger partial charge < -0.3 is 19.4 Å². The molecule has 0 saturated heterocycles. The first-order valence-corrected chi connectivity index (χ1v) is 10.6. The molecule has 1 aromatic carbocycles. The molecule has 0 aliphatic rings. The van der Waals surface area contributed by atoms with Gasteiger partial charge in [-0.25, -0.2) is 4.79 Å². The van der Waals surface area contributed by atoms with Crippen molar-refractivity contribution >= 4 is 29.3 Å². The van der Waals surface area contributed by atoms with E-state index in [1.54, 1.807) is 59.1 Å². The van der Waals surface area contributed by atoms with E-state index in [1.165, 1.54) is 4.90 Å². The van der Waals surface area contributed by atoms with Gasteiger partial charge in [0.2, 0.25) is 0 Å². The summed E-state index contributed by atoms with van der Waals surface area (Å²) >= 11 is 6.23. The molecule has 7 nitrogen and oxygen atoms in total. The third kappa shape index (κ3) is 5.54. The molecule has 8 heteroatoms. The van der Waals surface area contributed by atoms with Gasteiger partial charge in [-0.05, 0) is 51.8 Å². The van der Waals surface area contributed by atoms with Crippen molar-refractivity contribution in [2.24, 2.45) is 0 Å². The van der Waals surface area contributed by atoms with E-state index in [4.69, 9.17) is 21.1 Å². The van der Waals surface area contributed by atoms with Crippen molar-refractivity contribution in [2.45, 2.75) is 40.2 Å². The highest BCUT2D eigenvalue weighted by molar-refractivity contribution is 6.33. The lowest BCUT2D eigenvalue weighted by Gasteiger charge is -2.29. The highest BCUT2D eigenvalue weighted by Gasteiger charge is 2.32. The number of rotatable bonds is 10. The number of nitrogens with one attached hydrogen (secondary N) is 1. The maximum atomic E-state index is 13.4. The van der Waals surface area contributed by atoms with Crippen LogP contribution in [0.2, 0.25) is 5.02 Å². The van der Waals surface area contributed by atoms with Gasteiger partial charge in [-0.3, -0.25) is 9.59 Å². The molecule has 0 bridgehead atoms. The van der Waals surface area contributed by atoms with E-state index >= 15 is 0 Å². The molecule has 168 valence electrons. The molecule has 0 fully saturated rings. The van der Waals surface area contributed by atoms with E-state index in [0.717, 1.165) is 0 Å². The summed E-state index contributed by atoms with van der Waals surface area (Å²) in [5.41, 5.74) is 2.03. The van der Waals surface area contributed by atoms with Crippen molar-refractivity contribution in [1.29, 1.82) is 0 Å². The Morgan fingerprint density at radius 3 is 2.48 bits per heavy atom. The van der Waals surface area contributed by atoms with Crippen LogP contribution in [0.4, 0.5) is 0 Å². The Morgan fingerprint density at radius 1 is 1.19 bits per heavy atom. The zero-order valence-electron chi connectivity index (χ0n) is 18.6. The first-order valence-electron chi connectivity index (χ1n) is 10.2. The fraction of sp³-hybridized carbons (Fsp3) is 0.435. The molecule has 2 rings (SSSR count). The van der Waals surface area contributed by atoms with Crippen LogP contribution < -0.4 is 0 Å². The van der Waals surface area contributed by atoms with E-state index in [0.29, 0.717) is 47.0 Å². The lowest BCUT2D eigenvalue weighted by Crippen LogP contribution is -2.44. The number of aromatic amines is 1. The van der Waals surface area contributed by atoms with Crippen LogP contribution in [0.3, 0.4) is 0 Å². The summed E-state index contributed by atoms with van der Waals surface area (Å²) < 4.78 is 10.2. The van der Waals surface area contributed by atoms with Gasteiger partial charge >= 0.3 is 5.97 Å². The monoisotopic (exact) mass is 448 g/mol. The molecule has 0 spiro atoms. The van der Waals surface area contributed by atoms with Crippen LogP contribution in [-0.4, -0.2) is 60.5 Å². The Hall–Kier alpha value is -2.64. The van der Waals surface area contributed by atoms with E-state index in [1.807, 2.05) is 0 Å². The number of carbonyl (C=O) groups is 3. The van der Waals surface area contributed by atoms with E-state index in [2.05, 4.69) is 4.98 Å². The number of ether oxygens (including phenoxy) is 2. The number of nitrogens with zero attached hydrogens (tertiary/aromatic N) is 1. The zero-order valence-corrected chi connectivity index (χ0v) is 19.3. The molecule has 1 atom stereocenters. The van der Waals surface area contributed by atoms with Gasteiger partial charge in [-0.15, -0.1) is 0 Å². The minimum atomic E-state index is -0.774. The molecule has 0 aliphatic heterocycles. The van der Waals surface area contributed by atoms with Gasteiger partial charge in [0.1, 0.15) is 5.69 Å². The van der Waals surface area contributed by atoms with Crippen LogP contribution in [0.15, 0.2) is 24.3 Å². The SMILES string of the molecule is CCOC(=O)c1[nH]c(C)c(C(=O)[C@H](C)N(CCCOC)C(=O)c2ccccc2Cl)c1C. The Labute approximate surface area is 187 Å². The summed E-state index contributed by atoms with van der Waals surface area (Å²) in [6.45, 7) is 7.81. The van der Waals surface area contributed by atoms with Gasteiger partial charge in [0, 0.05) is 31.5 Å². The number of amides is 1. The number of benzene rings is 1. The minimum Gasteiger partial charge on any atom is -0.461 e. The summed E-state index contributed by atoms with van der Waals surface area (Å²) in [5, 5.41) is 0.322. The normalized spacial score (nSPS) is 11.8. The van der Waals surface area contributed by atoms with E-state index in [9.17, 15) is 14.4 Å². The molecule has 1 amide bonds. The number of hydrogen-bond acceptors (Lipinski definition) is 5. The van der Waals surface area contributed by atoms with Crippen LogP contribution in [-0.2, 0) is 9.47 Å². The second kappa shape index (κ2) is 11.1. The number of Topliss-reactive ketones (excluding diaryl/α,β-unsaturated/α-hetero) is 1. The zero-order chi connectivity index (χ0) is 23.1. The van der Waals surface area contributed by atoms with Crippen LogP contribution >= 0.6 is 11.6 Å². The van der Waals surface area contributed by atoms with Gasteiger partial charge in [0.05, 0.1) is 23.2 Å². The third-order valence-corrected chi connectivity index (χ3v) is 5.45. The molecule has 31 heavy (non-hydrogen) atoms. The lowest BCUT2D eigenvalue weighted by atomic mass is 9.99. The number of halogens is 1. The Balaban J connectivity index is 2.39. The highest BCUT2D eigenvalue weighted by Crippen LogP contribution is 2.24. The lowest BCUT2D eigenvalue weighted by molar-refractivity contribution is 0.0518. The number of carbonyl (C=O) groups excluding carboxylic acids is 3. The van der Waals surface area contributed by atoms with Crippen molar-refractivity contribution in [3.8, 4) is 0 Å². The third-order valence-electron chi connectivity index (χ3n) is 5.12. The number of hydrogen-bond donors (Lipinski definition) is 1. The van der Waals surface area contributed by atoms with Crippen molar-refractivity contribution in [1.82, 2.24) is 9.88 Å². The van der Waals surface area contributed by atoms with Crippen LogP contribution in [0.25, 0.3) is 0 Å². The number of methoxy groups -OCH3 is 1. The topological polar surface area (TPSA) is 88.7 Å². The second-order valence-corrected chi connectivity index (χ2v) is 7.62. The average Bonchev–Trinajstić information content (AvgIpc) is 3.04. The molecular weight excluding hydrogens is 420 g/mol. The van der Waals surface area contributed by atoms with E-state index < -0.39 is 12.0 Å². The predicted octanol–water partition coefficient (Wildman–Crippen LogP) is 4.21. The number of H-pyrrole nitrogens is 1. The molecular formula is C23H29ClN2O5. The summed E-state index contributed by atoms with van der Waals surface area (Å²) in [5.74, 6) is -1.11. The maximum Gasteiger partial charge on any atom is 0.355 e. The van der Waals surface area contributed by atoms with Crippen LogP contribution in [0.1, 0.15) is 62.7 Å². The highest BCUT2D eigenvalue weighted by atomic mass is 35.5. The number of esters is 1. The average molecular weight is 449 g/mol. The number of ketones is 1. The molecule has 0 aliphatic carbocycles. The molecule has 1 N–H and O–H groups in total. The van der Waals surface area contributed by atoms with E-state index in [-0.39, 0.29) is 24.0 Å². The molecule has 1 heterocycles. The van der Waals surface area contributed by atoms with Crippen molar-refractivity contribution in [2.75, 3.05) is 26.9 Å². The van der Waals surface area contributed by atoms with Crippen LogP contribution in [0, 0.1) is 13.8 Å². The number of aromatic nitrogens is 1. The molecule has 2 aromatic rings. The first-order chi connectivity index (χ1) is 14.7. The largest absolute Gasteiger partial charge is 0.461 e. The van der Waals surface area contributed by atoms with Crippen LogP contribution in [0.5, 0.6) is 0 Å². The first kappa shape index (κ1) is 24.6. The second-order valence-electron chi connectivity index (χ2n) is 7.21. The maximum absolute atomic E-state index is 13.4. The summed E-state index contributed by atoms with van der Waals surface area (Å²) in [6.07, 6.45) is 0.559. The van der Waals surface area contributed by atoms with Gasteiger partial charge in [0.15, 0.2) is 5.78 Å². The molecule has 0 unspecified atom stereocenters. The van der Waals surface area contributed by atoms with Gasteiger partial charge in [-0.2, -0.15) is 0 Å². The standard InChI is InChI=1S/C23H29ClN2O5/c1-6-31-23(29)20-14(2)19(15(3)25-20)21(27)16(4)26(12-9-13-30-5)22(28)17-10-7-8-11-18(17)24/h7-8,10-11,16,25H,6,9,12-13H2,1-5H3/t16-/m0/s1. The van der Waals surface area contributed by atoms with Gasteiger partial charge in [0.25, 0.3) is 5.91 Å². The molecule has 0 saturated carbocycles. The summed E-state index contributed by atoms with van der Waals surface area (Å²) in [4.78, 5) is 43.4. The van der Waals surface area contributed by atoms with Crippen molar-refractivity contribution < 1.29 is 23.9 Å². The fourth-order valence-electron chi connectivity index (χ4n) is 3.52. The Morgan fingerprint density at radius 2 is 1.87 bits per heavy atom. The predicted molar refractivity (Wildman–Crippen MR) is 119 cm³/mol. The van der Waals surface area contributed by atoms with Gasteiger partial charge in [-0.1, -0.05) is 23.7 Å². The smallest absolute Gasteiger partial charge is 0.355 e. The quantitative estimate of drug-likeness (QED) is 0.334. The fourth-order valence-corrected chi connectivity index (χ4v) is 3.73. The number of aryl methyl sites for hydroxylation is 1. The summed E-state index contributed by atoms with van der Waals surface area (Å²) in [6, 6.07) is 5.97. The van der Waals surface area contributed by atoms with Crippen molar-refractivity contribution in [3.05, 3.63) is 57.4 Å². The minimum absolute atomic E-state index is 0.232. The van der Waals surface area contributed by atoms with Crippen molar-refractivity contribution in [3.63, 3.8) is 0 Å². The Kier molecular flexibility index (Phi) is 8.83.